The van der Waals surface area contributed by atoms with Crippen LogP contribution in [0.15, 0.2) is 88.8 Å². The molecule has 214 valence electrons. The van der Waals surface area contributed by atoms with Crippen LogP contribution in [-0.4, -0.2) is 28.0 Å². The van der Waals surface area contributed by atoms with Crippen molar-refractivity contribution in [2.24, 2.45) is 17.1 Å². The summed E-state index contributed by atoms with van der Waals surface area (Å²) in [6, 6.07) is 26.6. The number of amides is 1. The van der Waals surface area contributed by atoms with Crippen molar-refractivity contribution < 1.29 is 14.3 Å². The molecule has 0 aliphatic heterocycles. The number of carbonyl (C=O) groups is 2. The van der Waals surface area contributed by atoms with Crippen molar-refractivity contribution in [3.63, 3.8) is 0 Å². The van der Waals surface area contributed by atoms with Crippen molar-refractivity contribution in [2.75, 3.05) is 6.61 Å². The van der Waals surface area contributed by atoms with Crippen LogP contribution in [0.1, 0.15) is 42.4 Å². The van der Waals surface area contributed by atoms with Crippen LogP contribution in [0, 0.1) is 22.7 Å². The molecule has 1 fully saturated rings. The summed E-state index contributed by atoms with van der Waals surface area (Å²) in [6.07, 6.45) is 2.17. The number of esters is 1. The maximum Gasteiger partial charge on any atom is 0.321 e. The van der Waals surface area contributed by atoms with Gasteiger partial charge in [-0.25, -0.2) is 4.98 Å². The van der Waals surface area contributed by atoms with Crippen LogP contribution in [0.4, 0.5) is 0 Å². The number of nitrogens with two attached hydrogens (primary N) is 1. The van der Waals surface area contributed by atoms with Gasteiger partial charge in [-0.15, -0.1) is 0 Å². The number of fused-ring (bicyclic) bond motifs is 1. The third-order valence-electron chi connectivity index (χ3n) is 8.05. The molecule has 1 aliphatic carbocycles. The molecule has 1 amide bonds. The van der Waals surface area contributed by atoms with Crippen molar-refractivity contribution in [1.29, 1.82) is 5.26 Å². The normalized spacial score (nSPS) is 18.3. The minimum absolute atomic E-state index is 0.0426. The number of ether oxygens (including phenoxy) is 1. The average molecular weight is 581 g/mol. The summed E-state index contributed by atoms with van der Waals surface area (Å²) >= 11 is 1.42. The van der Waals surface area contributed by atoms with Gasteiger partial charge in [0.05, 0.1) is 29.1 Å². The van der Waals surface area contributed by atoms with E-state index in [1.54, 1.807) is 16.7 Å². The van der Waals surface area contributed by atoms with Gasteiger partial charge in [0.15, 0.2) is 5.16 Å². The number of nitrogens with zero attached hydrogens (tertiary/aromatic N) is 3. The predicted octanol–water partition coefficient (Wildman–Crippen LogP) is 5.01. The van der Waals surface area contributed by atoms with Gasteiger partial charge in [0.2, 0.25) is 5.91 Å². The molecule has 0 atom stereocenters. The Morgan fingerprint density at radius 1 is 1.02 bits per heavy atom. The molecule has 8 nitrogen and oxygen atoms in total. The predicted molar refractivity (Wildman–Crippen MR) is 161 cm³/mol. The number of benzene rings is 3. The summed E-state index contributed by atoms with van der Waals surface area (Å²) in [6.45, 7) is 0.575. The van der Waals surface area contributed by atoms with Gasteiger partial charge >= 0.3 is 5.97 Å². The first-order valence-corrected chi connectivity index (χ1v) is 15.0. The number of hydrogen-bond acceptors (Lipinski definition) is 7. The highest BCUT2D eigenvalue weighted by Crippen LogP contribution is 2.41. The second-order valence-electron chi connectivity index (χ2n) is 10.6. The number of para-hydroxylation sites is 1. The fourth-order valence-electron chi connectivity index (χ4n) is 5.52. The van der Waals surface area contributed by atoms with E-state index in [1.807, 2.05) is 66.7 Å². The molecule has 9 heteroatoms. The molecular formula is C33H32N4O4S. The molecule has 1 aromatic heterocycles. The monoisotopic (exact) mass is 580 g/mol. The van der Waals surface area contributed by atoms with Crippen molar-refractivity contribution in [2.45, 2.75) is 49.6 Å². The Labute approximate surface area is 248 Å². The van der Waals surface area contributed by atoms with E-state index in [4.69, 9.17) is 15.5 Å². The summed E-state index contributed by atoms with van der Waals surface area (Å²) in [5.74, 6) is -0.705. The zero-order valence-corrected chi connectivity index (χ0v) is 24.0. The molecule has 0 radical (unpaired) electrons. The highest BCUT2D eigenvalue weighted by Gasteiger charge is 2.48. The highest BCUT2D eigenvalue weighted by atomic mass is 32.2. The summed E-state index contributed by atoms with van der Waals surface area (Å²) in [5, 5.41) is 10.6. The molecule has 2 N–H and O–H groups in total. The molecule has 1 saturated carbocycles. The lowest BCUT2D eigenvalue weighted by molar-refractivity contribution is -0.163. The Morgan fingerprint density at radius 3 is 2.45 bits per heavy atom. The maximum atomic E-state index is 13.6. The van der Waals surface area contributed by atoms with Gasteiger partial charge < -0.3 is 10.5 Å². The molecule has 1 heterocycles. The van der Waals surface area contributed by atoms with E-state index < -0.39 is 17.3 Å². The van der Waals surface area contributed by atoms with E-state index in [9.17, 15) is 19.6 Å². The summed E-state index contributed by atoms with van der Waals surface area (Å²) in [5.41, 5.74) is 7.40. The van der Waals surface area contributed by atoms with E-state index in [0.717, 1.165) is 11.1 Å². The van der Waals surface area contributed by atoms with Crippen LogP contribution in [-0.2, 0) is 33.0 Å². The fraction of sp³-hybridized carbons (Fsp3) is 0.303. The van der Waals surface area contributed by atoms with Crippen LogP contribution >= 0.6 is 11.8 Å². The molecule has 0 spiro atoms. The molecule has 5 rings (SSSR count). The zero-order valence-electron chi connectivity index (χ0n) is 23.2. The number of hydrogen-bond donors (Lipinski definition) is 1. The third-order valence-corrected chi connectivity index (χ3v) is 9.08. The Balaban J connectivity index is 1.31. The number of carbonyl (C=O) groups excluding carboxylic acids is 2. The third kappa shape index (κ3) is 6.24. The zero-order chi connectivity index (χ0) is 29.5. The first-order valence-electron chi connectivity index (χ1n) is 14.0. The summed E-state index contributed by atoms with van der Waals surface area (Å²) in [4.78, 5) is 44.2. The largest absolute Gasteiger partial charge is 0.465 e. The molecule has 0 bridgehead atoms. The maximum absolute atomic E-state index is 13.6. The minimum Gasteiger partial charge on any atom is -0.465 e. The molecule has 0 unspecified atom stereocenters. The van der Waals surface area contributed by atoms with E-state index in [1.165, 1.54) is 11.8 Å². The molecule has 3 aromatic carbocycles. The summed E-state index contributed by atoms with van der Waals surface area (Å²) in [7, 11) is 0. The first kappa shape index (κ1) is 29.1. The van der Waals surface area contributed by atoms with Gasteiger partial charge in [0, 0.05) is 18.7 Å². The van der Waals surface area contributed by atoms with E-state index in [2.05, 4.69) is 6.07 Å². The van der Waals surface area contributed by atoms with Gasteiger partial charge in [0.25, 0.3) is 5.56 Å². The van der Waals surface area contributed by atoms with Crippen molar-refractivity contribution >= 4 is 34.5 Å². The number of nitriles is 1. The lowest BCUT2D eigenvalue weighted by Crippen LogP contribution is -2.48. The van der Waals surface area contributed by atoms with E-state index >= 15 is 0 Å². The molecule has 42 heavy (non-hydrogen) atoms. The molecular weight excluding hydrogens is 548 g/mol. The minimum atomic E-state index is -1.36. The lowest BCUT2D eigenvalue weighted by Gasteiger charge is -2.36. The second kappa shape index (κ2) is 13.0. The van der Waals surface area contributed by atoms with Crippen LogP contribution in [0.2, 0.25) is 0 Å². The van der Waals surface area contributed by atoms with Gasteiger partial charge in [-0.2, -0.15) is 5.26 Å². The Bertz CT molecular complexity index is 1690. The standard InChI is InChI=1S/C33H32N4O4S/c34-20-25-10-4-5-11-26(25)22-42-32-36-28-13-7-6-12-27(28)29(38)37(32)21-24-14-17-33(18-15-24,30(35)39)31(40)41-19-16-23-8-2-1-3-9-23/h1-13,24H,14-19,21-22H2,(H2,35,39). The number of aromatic nitrogens is 2. The van der Waals surface area contributed by atoms with Crippen molar-refractivity contribution in [3.8, 4) is 6.07 Å². The van der Waals surface area contributed by atoms with Crippen LogP contribution in [0.3, 0.4) is 0 Å². The Hall–Kier alpha value is -4.42. The van der Waals surface area contributed by atoms with Crippen molar-refractivity contribution in [1.82, 2.24) is 9.55 Å². The Kier molecular flexibility index (Phi) is 9.03. The average Bonchev–Trinajstić information content (AvgIpc) is 3.02. The van der Waals surface area contributed by atoms with Gasteiger partial charge in [0.1, 0.15) is 5.41 Å². The van der Waals surface area contributed by atoms with Crippen LogP contribution in [0.25, 0.3) is 10.9 Å². The van der Waals surface area contributed by atoms with E-state index in [0.29, 0.717) is 53.2 Å². The number of primary amides is 1. The SMILES string of the molecule is N#Cc1ccccc1CSc1nc2ccccc2c(=O)n1CC1CCC(C(N)=O)(C(=O)OCCc2ccccc2)CC1. The molecule has 4 aromatic rings. The lowest BCUT2D eigenvalue weighted by atomic mass is 9.70. The second-order valence-corrected chi connectivity index (χ2v) is 11.6. The van der Waals surface area contributed by atoms with Crippen LogP contribution in [0.5, 0.6) is 0 Å². The van der Waals surface area contributed by atoms with Gasteiger partial charge in [-0.05, 0) is 60.9 Å². The van der Waals surface area contributed by atoms with E-state index in [-0.39, 0.29) is 30.9 Å². The summed E-state index contributed by atoms with van der Waals surface area (Å²) < 4.78 is 7.25. The van der Waals surface area contributed by atoms with Crippen LogP contribution < -0.4 is 11.3 Å². The number of rotatable bonds is 10. The number of thioether (sulfide) groups is 1. The molecule has 1 aliphatic rings. The highest BCUT2D eigenvalue weighted by molar-refractivity contribution is 7.98. The fourth-order valence-corrected chi connectivity index (χ4v) is 6.54. The van der Waals surface area contributed by atoms with Crippen molar-refractivity contribution in [3.05, 3.63) is 106 Å². The molecule has 0 saturated heterocycles. The quantitative estimate of drug-likeness (QED) is 0.121. The van der Waals surface area contributed by atoms with Gasteiger partial charge in [-0.3, -0.25) is 19.0 Å². The first-order chi connectivity index (χ1) is 20.4. The van der Waals surface area contributed by atoms with Gasteiger partial charge in [-0.1, -0.05) is 72.4 Å². The smallest absolute Gasteiger partial charge is 0.321 e. The Morgan fingerprint density at radius 2 is 1.71 bits per heavy atom. The topological polar surface area (TPSA) is 128 Å².